The minimum absolute atomic E-state index is 0.265. The lowest BCUT2D eigenvalue weighted by Crippen LogP contribution is -2.47. The highest BCUT2D eigenvalue weighted by molar-refractivity contribution is 9.11. The third-order valence-corrected chi connectivity index (χ3v) is 4.56. The lowest BCUT2D eigenvalue weighted by atomic mass is 10.3. The van der Waals surface area contributed by atoms with Crippen LogP contribution in [0.15, 0.2) is 21.1 Å². The molecule has 0 aliphatic carbocycles. The van der Waals surface area contributed by atoms with Crippen molar-refractivity contribution in [3.63, 3.8) is 0 Å². The van der Waals surface area contributed by atoms with Crippen LogP contribution in [0.2, 0.25) is 0 Å². The molecule has 118 valence electrons. The Labute approximate surface area is 141 Å². The Kier molecular flexibility index (Phi) is 6.75. The van der Waals surface area contributed by atoms with Crippen LogP contribution in [-0.4, -0.2) is 62.6 Å². The van der Waals surface area contributed by atoms with Gasteiger partial charge in [0.1, 0.15) is 24.2 Å². The molecule has 1 aromatic carbocycles. The average molecular weight is 424 g/mol. The summed E-state index contributed by atoms with van der Waals surface area (Å²) in [5.41, 5.74) is 0. The van der Waals surface area contributed by atoms with Crippen LogP contribution in [0.4, 0.5) is 0 Å². The number of hydrogen-bond acceptors (Lipinski definition) is 5. The summed E-state index contributed by atoms with van der Waals surface area (Å²) in [6, 6.07) is 3.67. The number of ether oxygens (including phenoxy) is 2. The van der Waals surface area contributed by atoms with Gasteiger partial charge in [-0.15, -0.1) is 0 Å². The topological polar surface area (TPSA) is 54.0 Å². The lowest BCUT2D eigenvalue weighted by Gasteiger charge is -2.29. The third kappa shape index (κ3) is 5.10. The van der Waals surface area contributed by atoms with Crippen molar-refractivity contribution in [2.45, 2.75) is 6.10 Å². The summed E-state index contributed by atoms with van der Waals surface area (Å²) in [7, 11) is 1.62. The highest BCUT2D eigenvalue weighted by Gasteiger charge is 2.16. The van der Waals surface area contributed by atoms with Crippen molar-refractivity contribution in [3.05, 3.63) is 21.1 Å². The number of benzene rings is 1. The number of nitrogens with zero attached hydrogens (tertiary/aromatic N) is 1. The summed E-state index contributed by atoms with van der Waals surface area (Å²) < 4.78 is 12.5. The van der Waals surface area contributed by atoms with E-state index in [0.717, 1.165) is 40.9 Å². The number of piperazine rings is 1. The molecule has 1 unspecified atom stereocenters. The molecule has 0 radical (unpaired) electrons. The van der Waals surface area contributed by atoms with Crippen LogP contribution in [0.3, 0.4) is 0 Å². The first kappa shape index (κ1) is 17.0. The van der Waals surface area contributed by atoms with E-state index >= 15 is 0 Å². The molecule has 1 heterocycles. The molecule has 2 rings (SSSR count). The standard InChI is InChI=1S/C14H20Br2N2O3/c1-20-13-6-12(16)14(7-11(13)15)21-9-10(19)8-18-4-2-17-3-5-18/h6-7,10,17,19H,2-5,8-9H2,1H3. The first-order valence-corrected chi connectivity index (χ1v) is 8.45. The molecule has 1 aliphatic heterocycles. The molecule has 7 heteroatoms. The molecule has 1 aliphatic rings. The van der Waals surface area contributed by atoms with Crippen molar-refractivity contribution in [1.82, 2.24) is 10.2 Å². The summed E-state index contributed by atoms with van der Waals surface area (Å²) in [6.45, 7) is 4.79. The zero-order valence-electron chi connectivity index (χ0n) is 11.9. The van der Waals surface area contributed by atoms with Gasteiger partial charge in [-0.2, -0.15) is 0 Å². The van der Waals surface area contributed by atoms with E-state index in [4.69, 9.17) is 9.47 Å². The SMILES string of the molecule is COc1cc(Br)c(OCC(O)CN2CCNCC2)cc1Br. The van der Waals surface area contributed by atoms with E-state index in [0.29, 0.717) is 12.3 Å². The summed E-state index contributed by atoms with van der Waals surface area (Å²) >= 11 is 6.87. The Hall–Kier alpha value is -0.340. The molecule has 1 aromatic rings. The maximum absolute atomic E-state index is 10.1. The number of nitrogens with one attached hydrogen (secondary N) is 1. The largest absolute Gasteiger partial charge is 0.496 e. The van der Waals surface area contributed by atoms with Crippen molar-refractivity contribution in [2.24, 2.45) is 0 Å². The molecule has 0 spiro atoms. The Balaban J connectivity index is 1.85. The zero-order valence-corrected chi connectivity index (χ0v) is 15.1. The van der Waals surface area contributed by atoms with Crippen LogP contribution in [0, 0.1) is 0 Å². The minimum atomic E-state index is -0.504. The molecule has 2 N–H and O–H groups in total. The second kappa shape index (κ2) is 8.33. The van der Waals surface area contributed by atoms with Crippen molar-refractivity contribution in [1.29, 1.82) is 0 Å². The van der Waals surface area contributed by atoms with Crippen LogP contribution < -0.4 is 14.8 Å². The molecule has 0 saturated carbocycles. The summed E-state index contributed by atoms with van der Waals surface area (Å²) in [6.07, 6.45) is -0.504. The van der Waals surface area contributed by atoms with Gasteiger partial charge in [0, 0.05) is 32.7 Å². The lowest BCUT2D eigenvalue weighted by molar-refractivity contribution is 0.0638. The van der Waals surface area contributed by atoms with Crippen LogP contribution >= 0.6 is 31.9 Å². The maximum atomic E-state index is 10.1. The second-order valence-electron chi connectivity index (χ2n) is 4.93. The number of hydrogen-bond donors (Lipinski definition) is 2. The third-order valence-electron chi connectivity index (χ3n) is 3.32. The van der Waals surface area contributed by atoms with Crippen molar-refractivity contribution in [2.75, 3.05) is 46.4 Å². The van der Waals surface area contributed by atoms with Gasteiger partial charge in [0.05, 0.1) is 16.1 Å². The molecule has 1 saturated heterocycles. The number of aliphatic hydroxyl groups is 1. The molecular weight excluding hydrogens is 404 g/mol. The second-order valence-corrected chi connectivity index (χ2v) is 6.64. The maximum Gasteiger partial charge on any atom is 0.135 e. The molecular formula is C14H20Br2N2O3. The Morgan fingerprint density at radius 3 is 2.52 bits per heavy atom. The van der Waals surface area contributed by atoms with Gasteiger partial charge in [-0.25, -0.2) is 0 Å². The fourth-order valence-corrected chi connectivity index (χ4v) is 3.13. The summed E-state index contributed by atoms with van der Waals surface area (Å²) in [4.78, 5) is 2.24. The van der Waals surface area contributed by atoms with Crippen LogP contribution in [0.1, 0.15) is 0 Å². The monoisotopic (exact) mass is 422 g/mol. The van der Waals surface area contributed by atoms with Crippen LogP contribution in [0.25, 0.3) is 0 Å². The van der Waals surface area contributed by atoms with Crippen LogP contribution in [-0.2, 0) is 0 Å². The van der Waals surface area contributed by atoms with Crippen molar-refractivity contribution < 1.29 is 14.6 Å². The molecule has 1 fully saturated rings. The fourth-order valence-electron chi connectivity index (χ4n) is 2.21. The normalized spacial score (nSPS) is 17.5. The van der Waals surface area contributed by atoms with Gasteiger partial charge in [0.2, 0.25) is 0 Å². The van der Waals surface area contributed by atoms with Crippen molar-refractivity contribution in [3.8, 4) is 11.5 Å². The average Bonchev–Trinajstić information content (AvgIpc) is 2.48. The highest BCUT2D eigenvalue weighted by atomic mass is 79.9. The molecule has 5 nitrogen and oxygen atoms in total. The first-order chi connectivity index (χ1) is 10.1. The van der Waals surface area contributed by atoms with Crippen molar-refractivity contribution >= 4 is 31.9 Å². The summed E-state index contributed by atoms with van der Waals surface area (Å²) in [5, 5.41) is 13.4. The van der Waals surface area contributed by atoms with Gasteiger partial charge in [-0.05, 0) is 44.0 Å². The van der Waals surface area contributed by atoms with Gasteiger partial charge < -0.3 is 19.9 Å². The molecule has 0 bridgehead atoms. The van der Waals surface area contributed by atoms with Gasteiger partial charge in [0.25, 0.3) is 0 Å². The Morgan fingerprint density at radius 1 is 1.24 bits per heavy atom. The van der Waals surface area contributed by atoms with E-state index in [-0.39, 0.29) is 6.61 Å². The van der Waals surface area contributed by atoms with E-state index in [2.05, 4.69) is 42.1 Å². The van der Waals surface area contributed by atoms with E-state index in [1.807, 2.05) is 12.1 Å². The molecule has 0 amide bonds. The van der Waals surface area contributed by atoms with E-state index in [1.165, 1.54) is 0 Å². The van der Waals surface area contributed by atoms with Gasteiger partial charge in [-0.1, -0.05) is 0 Å². The molecule has 21 heavy (non-hydrogen) atoms. The van der Waals surface area contributed by atoms with Gasteiger partial charge in [-0.3, -0.25) is 4.90 Å². The number of methoxy groups -OCH3 is 1. The smallest absolute Gasteiger partial charge is 0.135 e. The minimum Gasteiger partial charge on any atom is -0.496 e. The zero-order chi connectivity index (χ0) is 15.2. The van der Waals surface area contributed by atoms with E-state index in [9.17, 15) is 5.11 Å². The molecule has 1 atom stereocenters. The Bertz CT molecular complexity index is 468. The molecule has 0 aromatic heterocycles. The van der Waals surface area contributed by atoms with Gasteiger partial charge in [0.15, 0.2) is 0 Å². The van der Waals surface area contributed by atoms with E-state index < -0.39 is 6.10 Å². The summed E-state index contributed by atoms with van der Waals surface area (Å²) in [5.74, 6) is 1.41. The van der Waals surface area contributed by atoms with Gasteiger partial charge >= 0.3 is 0 Å². The van der Waals surface area contributed by atoms with Crippen LogP contribution in [0.5, 0.6) is 11.5 Å². The number of aliphatic hydroxyl groups excluding tert-OH is 1. The quantitative estimate of drug-likeness (QED) is 0.731. The predicted octanol–water partition coefficient (Wildman–Crippen LogP) is 1.87. The number of halogens is 2. The number of rotatable bonds is 6. The first-order valence-electron chi connectivity index (χ1n) is 6.87. The highest BCUT2D eigenvalue weighted by Crippen LogP contribution is 2.36. The van der Waals surface area contributed by atoms with E-state index in [1.54, 1.807) is 7.11 Å². The predicted molar refractivity (Wildman–Crippen MR) is 89.2 cm³/mol. The fraction of sp³-hybridized carbons (Fsp3) is 0.571. The Morgan fingerprint density at radius 2 is 1.86 bits per heavy atom. The number of β-amino-alcohol motifs (C(OH)–C–C–N with tert-alkyl or cyclic N) is 1.